The van der Waals surface area contributed by atoms with E-state index in [4.69, 9.17) is 4.42 Å². The van der Waals surface area contributed by atoms with Crippen LogP contribution in [0, 0.1) is 13.8 Å². The molecular formula is C22H19N3O2S. The largest absolute Gasteiger partial charge is 0.411 e. The van der Waals surface area contributed by atoms with Crippen molar-refractivity contribution >= 4 is 34.1 Å². The molecule has 0 aliphatic carbocycles. The van der Waals surface area contributed by atoms with Gasteiger partial charge in [0.15, 0.2) is 0 Å². The normalized spacial score (nSPS) is 10.9. The predicted molar refractivity (Wildman–Crippen MR) is 113 cm³/mol. The van der Waals surface area contributed by atoms with Gasteiger partial charge in [0.1, 0.15) is 0 Å². The number of amides is 1. The number of fused-ring (bicyclic) bond motifs is 1. The highest BCUT2D eigenvalue weighted by Gasteiger charge is 2.12. The zero-order chi connectivity index (χ0) is 19.5. The van der Waals surface area contributed by atoms with E-state index in [0.29, 0.717) is 11.1 Å². The van der Waals surface area contributed by atoms with Gasteiger partial charge in [0, 0.05) is 11.3 Å². The van der Waals surface area contributed by atoms with Gasteiger partial charge in [0.05, 0.1) is 5.75 Å². The first-order valence-corrected chi connectivity index (χ1v) is 9.89. The number of carbonyl (C=O) groups is 1. The summed E-state index contributed by atoms with van der Waals surface area (Å²) >= 11 is 1.22. The summed E-state index contributed by atoms with van der Waals surface area (Å²) in [5.41, 5.74) is 3.88. The fourth-order valence-electron chi connectivity index (χ4n) is 2.97. The van der Waals surface area contributed by atoms with E-state index in [2.05, 4.69) is 21.6 Å². The van der Waals surface area contributed by atoms with Crippen molar-refractivity contribution in [3.8, 4) is 11.5 Å². The fraction of sp³-hybridized carbons (Fsp3) is 0.136. The number of benzene rings is 3. The number of thioether (sulfide) groups is 1. The zero-order valence-electron chi connectivity index (χ0n) is 15.6. The molecule has 0 atom stereocenters. The first-order chi connectivity index (χ1) is 13.6. The summed E-state index contributed by atoms with van der Waals surface area (Å²) in [4.78, 5) is 12.2. The number of hydrogen-bond acceptors (Lipinski definition) is 5. The molecule has 140 valence electrons. The van der Waals surface area contributed by atoms with Crippen molar-refractivity contribution in [2.75, 3.05) is 11.1 Å². The molecule has 3 aromatic carbocycles. The minimum absolute atomic E-state index is 0.109. The van der Waals surface area contributed by atoms with Crippen LogP contribution < -0.4 is 5.32 Å². The lowest BCUT2D eigenvalue weighted by atomic mass is 10.1. The van der Waals surface area contributed by atoms with Crippen LogP contribution >= 0.6 is 11.8 Å². The maximum Gasteiger partial charge on any atom is 0.277 e. The van der Waals surface area contributed by atoms with E-state index in [1.165, 1.54) is 11.8 Å². The van der Waals surface area contributed by atoms with Crippen molar-refractivity contribution in [3.05, 3.63) is 71.8 Å². The van der Waals surface area contributed by atoms with Gasteiger partial charge >= 0.3 is 0 Å². The van der Waals surface area contributed by atoms with Gasteiger partial charge < -0.3 is 9.73 Å². The zero-order valence-corrected chi connectivity index (χ0v) is 16.4. The first-order valence-electron chi connectivity index (χ1n) is 8.91. The molecule has 0 saturated heterocycles. The molecule has 0 fully saturated rings. The average molecular weight is 389 g/mol. The van der Waals surface area contributed by atoms with Crippen LogP contribution in [-0.2, 0) is 4.79 Å². The van der Waals surface area contributed by atoms with Crippen LogP contribution in [0.1, 0.15) is 11.1 Å². The molecule has 1 amide bonds. The summed E-state index contributed by atoms with van der Waals surface area (Å²) in [6, 6.07) is 20.0. The summed E-state index contributed by atoms with van der Waals surface area (Å²) in [5.74, 6) is 0.539. The quantitative estimate of drug-likeness (QED) is 0.473. The van der Waals surface area contributed by atoms with Crippen molar-refractivity contribution in [3.63, 3.8) is 0 Å². The Bertz CT molecular complexity index is 1150. The predicted octanol–water partition coefficient (Wildman–Crippen LogP) is 5.24. The van der Waals surface area contributed by atoms with E-state index in [1.807, 2.05) is 68.4 Å². The molecule has 1 heterocycles. The fourth-order valence-corrected chi connectivity index (χ4v) is 3.54. The molecule has 0 unspecified atom stereocenters. The number of anilines is 1. The van der Waals surface area contributed by atoms with E-state index in [1.54, 1.807) is 0 Å². The second-order valence-corrected chi connectivity index (χ2v) is 7.52. The molecule has 5 nitrogen and oxygen atoms in total. The second kappa shape index (κ2) is 7.86. The average Bonchev–Trinajstić information content (AvgIpc) is 3.17. The van der Waals surface area contributed by atoms with Crippen molar-refractivity contribution < 1.29 is 9.21 Å². The molecular weight excluding hydrogens is 370 g/mol. The third-order valence-electron chi connectivity index (χ3n) is 4.39. The lowest BCUT2D eigenvalue weighted by molar-refractivity contribution is -0.113. The van der Waals surface area contributed by atoms with Crippen molar-refractivity contribution in [1.29, 1.82) is 0 Å². The first kappa shape index (κ1) is 18.3. The van der Waals surface area contributed by atoms with Gasteiger partial charge in [-0.15, -0.1) is 10.2 Å². The van der Waals surface area contributed by atoms with Crippen LogP contribution in [-0.4, -0.2) is 21.9 Å². The summed E-state index contributed by atoms with van der Waals surface area (Å²) < 4.78 is 5.72. The molecule has 4 aromatic rings. The standard InChI is InChI=1S/C22H19N3O2S/c1-14-7-10-19(15(2)11-14)23-20(26)13-28-22-25-24-21(27-22)18-9-8-16-5-3-4-6-17(16)12-18/h3-12H,13H2,1-2H3,(H,23,26). The van der Waals surface area contributed by atoms with E-state index >= 15 is 0 Å². The second-order valence-electron chi connectivity index (χ2n) is 6.59. The Labute approximate surface area is 167 Å². The van der Waals surface area contributed by atoms with Gasteiger partial charge in [0.25, 0.3) is 5.22 Å². The number of carbonyl (C=O) groups excluding carboxylic acids is 1. The number of aryl methyl sites for hydroxylation is 2. The lowest BCUT2D eigenvalue weighted by Crippen LogP contribution is -2.14. The monoisotopic (exact) mass is 389 g/mol. The highest BCUT2D eigenvalue weighted by atomic mass is 32.2. The molecule has 0 spiro atoms. The van der Waals surface area contributed by atoms with Gasteiger partial charge in [-0.2, -0.15) is 0 Å². The molecule has 0 aliphatic heterocycles. The summed E-state index contributed by atoms with van der Waals surface area (Å²) in [7, 11) is 0. The van der Waals surface area contributed by atoms with Crippen molar-refractivity contribution in [2.45, 2.75) is 19.1 Å². The van der Waals surface area contributed by atoms with Crippen LogP contribution in [0.15, 0.2) is 70.3 Å². The molecule has 4 rings (SSSR count). The van der Waals surface area contributed by atoms with Crippen LogP contribution in [0.4, 0.5) is 5.69 Å². The number of hydrogen-bond donors (Lipinski definition) is 1. The molecule has 28 heavy (non-hydrogen) atoms. The third kappa shape index (κ3) is 4.07. The minimum atomic E-state index is -0.109. The Morgan fingerprint density at radius 1 is 1.00 bits per heavy atom. The minimum Gasteiger partial charge on any atom is -0.411 e. The number of nitrogens with one attached hydrogen (secondary N) is 1. The molecule has 0 aliphatic rings. The Balaban J connectivity index is 1.40. The third-order valence-corrected chi connectivity index (χ3v) is 5.20. The Hall–Kier alpha value is -3.12. The number of aromatic nitrogens is 2. The summed E-state index contributed by atoms with van der Waals surface area (Å²) in [6.45, 7) is 4.00. The summed E-state index contributed by atoms with van der Waals surface area (Å²) in [5, 5.41) is 13.7. The Morgan fingerprint density at radius 3 is 2.64 bits per heavy atom. The maximum absolute atomic E-state index is 12.2. The molecule has 0 saturated carbocycles. The maximum atomic E-state index is 12.2. The Kier molecular flexibility index (Phi) is 5.12. The van der Waals surface area contributed by atoms with Crippen LogP contribution in [0.25, 0.3) is 22.2 Å². The van der Waals surface area contributed by atoms with E-state index in [0.717, 1.165) is 33.2 Å². The molecule has 0 radical (unpaired) electrons. The SMILES string of the molecule is Cc1ccc(NC(=O)CSc2nnc(-c3ccc4ccccc4c3)o2)c(C)c1. The molecule has 6 heteroatoms. The van der Waals surface area contributed by atoms with Gasteiger partial charge in [-0.3, -0.25) is 4.79 Å². The van der Waals surface area contributed by atoms with E-state index in [-0.39, 0.29) is 11.7 Å². The number of nitrogens with zero attached hydrogens (tertiary/aromatic N) is 2. The highest BCUT2D eigenvalue weighted by Crippen LogP contribution is 2.26. The number of rotatable bonds is 5. The van der Waals surface area contributed by atoms with Gasteiger partial charge in [-0.25, -0.2) is 0 Å². The Morgan fingerprint density at radius 2 is 1.82 bits per heavy atom. The van der Waals surface area contributed by atoms with E-state index in [9.17, 15) is 4.79 Å². The van der Waals surface area contributed by atoms with Crippen LogP contribution in [0.5, 0.6) is 0 Å². The van der Waals surface area contributed by atoms with Crippen LogP contribution in [0.3, 0.4) is 0 Å². The van der Waals surface area contributed by atoms with Gasteiger partial charge in [0.2, 0.25) is 11.8 Å². The van der Waals surface area contributed by atoms with Gasteiger partial charge in [-0.05, 0) is 48.4 Å². The van der Waals surface area contributed by atoms with Crippen molar-refractivity contribution in [2.24, 2.45) is 0 Å². The van der Waals surface area contributed by atoms with Crippen LogP contribution in [0.2, 0.25) is 0 Å². The highest BCUT2D eigenvalue weighted by molar-refractivity contribution is 7.99. The smallest absolute Gasteiger partial charge is 0.277 e. The summed E-state index contributed by atoms with van der Waals surface area (Å²) in [6.07, 6.45) is 0. The van der Waals surface area contributed by atoms with Gasteiger partial charge in [-0.1, -0.05) is 59.8 Å². The molecule has 1 N–H and O–H groups in total. The van der Waals surface area contributed by atoms with E-state index < -0.39 is 0 Å². The van der Waals surface area contributed by atoms with Crippen molar-refractivity contribution in [1.82, 2.24) is 10.2 Å². The lowest BCUT2D eigenvalue weighted by Gasteiger charge is -2.08. The molecule has 1 aromatic heterocycles. The topological polar surface area (TPSA) is 68.0 Å². The molecule has 0 bridgehead atoms.